The molecule has 0 radical (unpaired) electrons. The van der Waals surface area contributed by atoms with E-state index in [9.17, 15) is 8.78 Å². The van der Waals surface area contributed by atoms with Gasteiger partial charge in [0.25, 0.3) is 0 Å². The summed E-state index contributed by atoms with van der Waals surface area (Å²) in [5.41, 5.74) is 3.88. The van der Waals surface area contributed by atoms with Crippen molar-refractivity contribution >= 4 is 33.8 Å². The summed E-state index contributed by atoms with van der Waals surface area (Å²) in [6.45, 7) is -2.88. The lowest BCUT2D eigenvalue weighted by molar-refractivity contribution is -0.0526. The molecule has 0 amide bonds. The number of halogens is 2. The Morgan fingerprint density at radius 3 is 3.04 bits per heavy atom. The number of aromatic nitrogens is 3. The second-order valence-corrected chi connectivity index (χ2v) is 6.02. The Hall–Kier alpha value is -2.41. The van der Waals surface area contributed by atoms with E-state index in [2.05, 4.69) is 25.8 Å². The number of aromatic amines is 1. The maximum atomic E-state index is 12.3. The molecule has 4 rings (SSSR count). The molecular formula is C16H11F2N3OS. The van der Waals surface area contributed by atoms with Crippen LogP contribution in [0.25, 0.3) is 22.0 Å². The summed E-state index contributed by atoms with van der Waals surface area (Å²) >= 11 is 1.72. The van der Waals surface area contributed by atoms with Gasteiger partial charge in [0.05, 0.1) is 0 Å². The highest BCUT2D eigenvalue weighted by Gasteiger charge is 2.16. The largest absolute Gasteiger partial charge is 0.417 e. The van der Waals surface area contributed by atoms with Crippen LogP contribution in [0.2, 0.25) is 0 Å². The van der Waals surface area contributed by atoms with E-state index in [1.54, 1.807) is 24.0 Å². The van der Waals surface area contributed by atoms with Crippen molar-refractivity contribution in [2.24, 2.45) is 0 Å². The molecule has 0 spiro atoms. The Labute approximate surface area is 134 Å². The van der Waals surface area contributed by atoms with Crippen LogP contribution in [0.1, 0.15) is 16.7 Å². The second-order valence-electron chi connectivity index (χ2n) is 5.00. The highest BCUT2D eigenvalue weighted by Crippen LogP contribution is 2.40. The summed E-state index contributed by atoms with van der Waals surface area (Å²) in [6, 6.07) is 5.18. The summed E-state index contributed by atoms with van der Waals surface area (Å²) < 4.78 is 28.9. The number of alkyl halides is 2. The van der Waals surface area contributed by atoms with Crippen molar-refractivity contribution in [2.45, 2.75) is 12.4 Å². The first kappa shape index (κ1) is 14.2. The van der Waals surface area contributed by atoms with E-state index in [0.29, 0.717) is 5.65 Å². The van der Waals surface area contributed by atoms with Gasteiger partial charge in [-0.05, 0) is 29.3 Å². The fourth-order valence-electron chi connectivity index (χ4n) is 2.54. The van der Waals surface area contributed by atoms with Gasteiger partial charge >= 0.3 is 6.61 Å². The van der Waals surface area contributed by atoms with Crippen molar-refractivity contribution in [3.8, 4) is 5.88 Å². The quantitative estimate of drug-likeness (QED) is 0.777. The number of thioether (sulfide) groups is 1. The lowest BCUT2D eigenvalue weighted by Crippen LogP contribution is -2.03. The molecule has 116 valence electrons. The van der Waals surface area contributed by atoms with Crippen molar-refractivity contribution in [3.63, 3.8) is 0 Å². The number of hydrogen-bond donors (Lipinski definition) is 1. The first-order valence-electron chi connectivity index (χ1n) is 6.91. The molecule has 0 aromatic carbocycles. The normalized spacial score (nSPS) is 14.0. The van der Waals surface area contributed by atoms with Crippen molar-refractivity contribution in [1.82, 2.24) is 15.0 Å². The van der Waals surface area contributed by atoms with Crippen LogP contribution in [0.15, 0.2) is 36.8 Å². The van der Waals surface area contributed by atoms with Gasteiger partial charge in [0.15, 0.2) is 0 Å². The van der Waals surface area contributed by atoms with E-state index in [1.807, 2.05) is 18.5 Å². The molecule has 1 aliphatic rings. The number of ether oxygens (including phenoxy) is 1. The lowest BCUT2D eigenvalue weighted by atomic mass is 10.1. The number of hydrogen-bond acceptors (Lipinski definition) is 4. The van der Waals surface area contributed by atoms with Gasteiger partial charge in [-0.2, -0.15) is 13.8 Å². The Balaban J connectivity index is 1.74. The van der Waals surface area contributed by atoms with E-state index in [4.69, 9.17) is 0 Å². The van der Waals surface area contributed by atoms with E-state index in [-0.39, 0.29) is 5.88 Å². The predicted molar refractivity (Wildman–Crippen MR) is 86.1 cm³/mol. The molecule has 0 unspecified atom stereocenters. The monoisotopic (exact) mass is 331 g/mol. The van der Waals surface area contributed by atoms with Gasteiger partial charge in [0, 0.05) is 46.3 Å². The highest BCUT2D eigenvalue weighted by molar-refractivity contribution is 8.07. The summed E-state index contributed by atoms with van der Waals surface area (Å²) in [6.07, 6.45) is 7.60. The van der Waals surface area contributed by atoms with Crippen LogP contribution >= 0.6 is 11.8 Å². The van der Waals surface area contributed by atoms with Crippen LogP contribution in [0.5, 0.6) is 5.88 Å². The summed E-state index contributed by atoms with van der Waals surface area (Å²) in [5, 5.41) is 0.878. The molecular weight excluding hydrogens is 320 g/mol. The third-order valence-electron chi connectivity index (χ3n) is 3.60. The number of pyridine rings is 2. The fraction of sp³-hybridized carbons (Fsp3) is 0.125. The van der Waals surface area contributed by atoms with Crippen LogP contribution < -0.4 is 4.74 Å². The molecule has 0 aliphatic carbocycles. The van der Waals surface area contributed by atoms with E-state index >= 15 is 0 Å². The molecule has 0 saturated heterocycles. The smallest absolute Gasteiger partial charge is 0.388 e. The van der Waals surface area contributed by atoms with Gasteiger partial charge in [-0.1, -0.05) is 0 Å². The SMILES string of the molecule is FC(F)Oc1ccc2c(C3=Cc4ccncc4CS3)c[nH]c2n1. The molecule has 1 N–H and O–H groups in total. The second kappa shape index (κ2) is 5.66. The molecule has 0 saturated carbocycles. The van der Waals surface area contributed by atoms with Gasteiger partial charge in [-0.15, -0.1) is 11.8 Å². The van der Waals surface area contributed by atoms with Gasteiger partial charge in [-0.3, -0.25) is 4.98 Å². The maximum absolute atomic E-state index is 12.3. The van der Waals surface area contributed by atoms with Gasteiger partial charge in [0.1, 0.15) is 5.65 Å². The van der Waals surface area contributed by atoms with Gasteiger partial charge in [0.2, 0.25) is 5.88 Å². The zero-order chi connectivity index (χ0) is 15.8. The molecule has 7 heteroatoms. The molecule has 0 fully saturated rings. The van der Waals surface area contributed by atoms with Crippen LogP contribution in [-0.2, 0) is 5.75 Å². The summed E-state index contributed by atoms with van der Waals surface area (Å²) in [4.78, 5) is 12.3. The number of H-pyrrole nitrogens is 1. The molecule has 23 heavy (non-hydrogen) atoms. The van der Waals surface area contributed by atoms with E-state index in [0.717, 1.165) is 27.2 Å². The van der Waals surface area contributed by atoms with Crippen LogP contribution in [0.3, 0.4) is 0 Å². The number of fused-ring (bicyclic) bond motifs is 2. The zero-order valence-corrected chi connectivity index (χ0v) is 12.6. The predicted octanol–water partition coefficient (Wildman–Crippen LogP) is 4.30. The Morgan fingerprint density at radius 1 is 1.26 bits per heavy atom. The lowest BCUT2D eigenvalue weighted by Gasteiger charge is -2.15. The minimum atomic E-state index is -2.88. The molecule has 4 heterocycles. The minimum absolute atomic E-state index is 0.0948. The van der Waals surface area contributed by atoms with E-state index < -0.39 is 6.61 Å². The number of nitrogens with one attached hydrogen (secondary N) is 1. The third kappa shape index (κ3) is 2.68. The molecule has 0 atom stereocenters. The minimum Gasteiger partial charge on any atom is -0.417 e. The summed E-state index contributed by atoms with van der Waals surface area (Å²) in [5.74, 6) is 0.754. The third-order valence-corrected chi connectivity index (χ3v) is 4.70. The first-order chi connectivity index (χ1) is 11.2. The summed E-state index contributed by atoms with van der Waals surface area (Å²) in [7, 11) is 0. The first-order valence-corrected chi connectivity index (χ1v) is 7.90. The van der Waals surface area contributed by atoms with Crippen molar-refractivity contribution in [2.75, 3.05) is 0 Å². The maximum Gasteiger partial charge on any atom is 0.388 e. The van der Waals surface area contributed by atoms with Crippen LogP contribution in [0, 0.1) is 0 Å². The Kier molecular flexibility index (Phi) is 3.49. The molecule has 4 nitrogen and oxygen atoms in total. The van der Waals surface area contributed by atoms with Gasteiger partial charge in [-0.25, -0.2) is 0 Å². The Morgan fingerprint density at radius 2 is 2.17 bits per heavy atom. The average Bonchev–Trinajstić information content (AvgIpc) is 2.97. The average molecular weight is 331 g/mol. The standard InChI is InChI=1S/C16H11F2N3OS/c17-16(18)22-14-2-1-11-12(7-20-15(11)21-14)13-5-9-3-4-19-6-10(9)8-23-13/h1-7,16H,8H2,(H,20,21). The zero-order valence-electron chi connectivity index (χ0n) is 11.8. The van der Waals surface area contributed by atoms with Crippen LogP contribution in [0.4, 0.5) is 8.78 Å². The fourth-order valence-corrected chi connectivity index (χ4v) is 3.63. The number of nitrogens with zero attached hydrogens (tertiary/aromatic N) is 2. The topological polar surface area (TPSA) is 50.8 Å². The van der Waals surface area contributed by atoms with Crippen molar-refractivity contribution in [3.05, 3.63) is 53.5 Å². The number of rotatable bonds is 3. The van der Waals surface area contributed by atoms with Crippen molar-refractivity contribution in [1.29, 1.82) is 0 Å². The highest BCUT2D eigenvalue weighted by atomic mass is 32.2. The molecule has 0 bridgehead atoms. The van der Waals surface area contributed by atoms with Crippen LogP contribution in [-0.4, -0.2) is 21.6 Å². The molecule has 3 aromatic rings. The van der Waals surface area contributed by atoms with Crippen molar-refractivity contribution < 1.29 is 13.5 Å². The van der Waals surface area contributed by atoms with E-state index in [1.165, 1.54) is 11.6 Å². The molecule has 3 aromatic heterocycles. The van der Waals surface area contributed by atoms with Gasteiger partial charge < -0.3 is 9.72 Å². The Bertz CT molecular complexity index is 907. The molecule has 1 aliphatic heterocycles.